The minimum absolute atomic E-state index is 0.357. The summed E-state index contributed by atoms with van der Waals surface area (Å²) in [6.45, 7) is 14.5. The number of amides is 2. The van der Waals surface area contributed by atoms with Gasteiger partial charge in [-0.2, -0.15) is 0 Å². The molecule has 0 radical (unpaired) electrons. The maximum absolute atomic E-state index is 11.2. The molecule has 0 saturated carbocycles. The Morgan fingerprint density at radius 3 is 1.44 bits per heavy atom. The summed E-state index contributed by atoms with van der Waals surface area (Å²) in [5.41, 5.74) is 0. The molecule has 0 atom stereocenters. The van der Waals surface area contributed by atoms with E-state index in [2.05, 4.69) is 36.8 Å². The lowest BCUT2D eigenvalue weighted by molar-refractivity contribution is 0.146. The Labute approximate surface area is 154 Å². The largest absolute Gasteiger partial charge is 0.455 e. The molecular formula is C16H36N2O5Si2. The zero-order chi connectivity index (χ0) is 19.3. The molecule has 0 aromatic carbocycles. The molecule has 25 heavy (non-hydrogen) atoms. The minimum Gasteiger partial charge on any atom is -0.455 e. The van der Waals surface area contributed by atoms with Crippen molar-refractivity contribution in [2.24, 2.45) is 0 Å². The van der Waals surface area contributed by atoms with Crippen molar-refractivity contribution in [3.63, 3.8) is 0 Å². The first-order chi connectivity index (χ1) is 11.6. The van der Waals surface area contributed by atoms with Crippen molar-refractivity contribution in [1.29, 1.82) is 0 Å². The Bertz CT molecular complexity index is 370. The molecule has 0 aliphatic rings. The monoisotopic (exact) mass is 392 g/mol. The van der Waals surface area contributed by atoms with E-state index in [-0.39, 0.29) is 12.2 Å². The fourth-order valence-electron chi connectivity index (χ4n) is 2.57. The molecule has 0 fully saturated rings. The summed E-state index contributed by atoms with van der Waals surface area (Å²) in [5.74, 6) is 0. The van der Waals surface area contributed by atoms with Gasteiger partial charge < -0.3 is 24.2 Å². The van der Waals surface area contributed by atoms with Crippen molar-refractivity contribution in [3.05, 3.63) is 0 Å². The van der Waals surface area contributed by atoms with Gasteiger partial charge in [0.2, 0.25) is 0 Å². The van der Waals surface area contributed by atoms with E-state index in [1.54, 1.807) is 0 Å². The van der Waals surface area contributed by atoms with E-state index < -0.39 is 16.6 Å². The van der Waals surface area contributed by atoms with E-state index in [0.717, 1.165) is 24.9 Å². The zero-order valence-corrected chi connectivity index (χ0v) is 18.7. The van der Waals surface area contributed by atoms with E-state index in [9.17, 15) is 9.59 Å². The first kappa shape index (κ1) is 23.9. The normalized spacial score (nSPS) is 11.8. The Kier molecular flexibility index (Phi) is 11.8. The van der Waals surface area contributed by atoms with Crippen LogP contribution >= 0.6 is 0 Å². The van der Waals surface area contributed by atoms with E-state index in [1.165, 1.54) is 0 Å². The average molecular weight is 393 g/mol. The molecule has 2 N–H and O–H groups in total. The highest BCUT2D eigenvalue weighted by Crippen LogP contribution is 2.23. The number of hydrogen-bond acceptors (Lipinski definition) is 5. The first-order valence-electron chi connectivity index (χ1n) is 9.13. The summed E-state index contributed by atoms with van der Waals surface area (Å²) in [7, 11) is -3.59. The first-order valence-corrected chi connectivity index (χ1v) is 15.4. The van der Waals surface area contributed by atoms with Crippen molar-refractivity contribution in [1.82, 2.24) is 10.6 Å². The number of ether oxygens (including phenoxy) is 2. The van der Waals surface area contributed by atoms with Crippen LogP contribution in [0.15, 0.2) is 0 Å². The third-order valence-corrected chi connectivity index (χ3v) is 11.0. The number of rotatable bonds is 12. The van der Waals surface area contributed by atoms with E-state index in [0.29, 0.717) is 26.3 Å². The van der Waals surface area contributed by atoms with Crippen LogP contribution < -0.4 is 10.6 Å². The average Bonchev–Trinajstić information content (AvgIpc) is 2.48. The van der Waals surface area contributed by atoms with Gasteiger partial charge in [-0.1, -0.05) is 0 Å². The lowest BCUT2D eigenvalue weighted by Gasteiger charge is -2.34. The lowest BCUT2D eigenvalue weighted by Crippen LogP contribution is -2.44. The highest BCUT2D eigenvalue weighted by atomic mass is 28.4. The molecule has 9 heteroatoms. The third kappa shape index (κ3) is 13.9. The minimum atomic E-state index is -1.79. The number of alkyl carbamates (subject to hydrolysis) is 2. The standard InChI is InChI=1S/C16H36N2O5Si2/c1-7-17-15(19)21-11-9-13-24(3,4)23-25(5,6)14-10-12-22-16(20)18-8-2/h7-14H2,1-6H3,(H,17,19)(H,18,20). The van der Waals surface area contributed by atoms with Crippen LogP contribution in [0.5, 0.6) is 0 Å². The summed E-state index contributed by atoms with van der Waals surface area (Å²) in [4.78, 5) is 22.5. The fraction of sp³-hybridized carbons (Fsp3) is 0.875. The van der Waals surface area contributed by atoms with Crippen LogP contribution in [-0.2, 0) is 13.6 Å². The number of nitrogens with one attached hydrogen (secondary N) is 2. The molecule has 7 nitrogen and oxygen atoms in total. The topological polar surface area (TPSA) is 85.9 Å². The molecule has 0 aliphatic heterocycles. The second-order valence-electron chi connectivity index (χ2n) is 7.16. The van der Waals surface area contributed by atoms with E-state index >= 15 is 0 Å². The van der Waals surface area contributed by atoms with Crippen LogP contribution in [-0.4, -0.2) is 55.1 Å². The Hall–Kier alpha value is -1.07. The predicted molar refractivity (Wildman–Crippen MR) is 105 cm³/mol. The molecule has 2 amide bonds. The van der Waals surface area contributed by atoms with Gasteiger partial charge >= 0.3 is 12.2 Å². The summed E-state index contributed by atoms with van der Waals surface area (Å²) in [6.07, 6.45) is 0.928. The molecule has 148 valence electrons. The number of hydrogen-bond donors (Lipinski definition) is 2. The van der Waals surface area contributed by atoms with Crippen molar-refractivity contribution >= 4 is 28.8 Å². The van der Waals surface area contributed by atoms with Crippen LogP contribution in [0.2, 0.25) is 38.3 Å². The van der Waals surface area contributed by atoms with Gasteiger partial charge in [-0.25, -0.2) is 9.59 Å². The number of carbonyl (C=O) groups excluding carboxylic acids is 2. The summed E-state index contributed by atoms with van der Waals surface area (Å²) >= 11 is 0. The molecule has 0 bridgehead atoms. The molecule has 0 aliphatic carbocycles. The third-order valence-electron chi connectivity index (χ3n) is 3.51. The van der Waals surface area contributed by atoms with Gasteiger partial charge in [0.15, 0.2) is 16.6 Å². The quantitative estimate of drug-likeness (QED) is 0.391. The van der Waals surface area contributed by atoms with Crippen LogP contribution in [0.3, 0.4) is 0 Å². The van der Waals surface area contributed by atoms with Gasteiger partial charge in [-0.05, 0) is 65.0 Å². The maximum atomic E-state index is 11.2. The maximum Gasteiger partial charge on any atom is 0.407 e. The zero-order valence-electron chi connectivity index (χ0n) is 16.7. The van der Waals surface area contributed by atoms with Gasteiger partial charge in [0.05, 0.1) is 13.2 Å². The summed E-state index contributed by atoms with van der Waals surface area (Å²) in [6, 6.07) is 1.91. The molecule has 0 unspecified atom stereocenters. The molecule has 0 heterocycles. The second-order valence-corrected chi connectivity index (χ2v) is 16.0. The smallest absolute Gasteiger partial charge is 0.407 e. The molecule has 0 saturated heterocycles. The Morgan fingerprint density at radius 2 is 1.12 bits per heavy atom. The SMILES string of the molecule is CCNC(=O)OCCC[Si](C)(C)O[Si](C)(C)CCCOC(=O)NCC. The lowest BCUT2D eigenvalue weighted by atomic mass is 10.5. The van der Waals surface area contributed by atoms with Gasteiger partial charge in [0.1, 0.15) is 0 Å². The highest BCUT2D eigenvalue weighted by molar-refractivity contribution is 6.84. The van der Waals surface area contributed by atoms with Crippen LogP contribution in [0.1, 0.15) is 26.7 Å². The van der Waals surface area contributed by atoms with Gasteiger partial charge in [0, 0.05) is 13.1 Å². The second kappa shape index (κ2) is 12.3. The van der Waals surface area contributed by atoms with Crippen molar-refractivity contribution < 1.29 is 23.2 Å². The Morgan fingerprint density at radius 1 is 0.760 bits per heavy atom. The van der Waals surface area contributed by atoms with E-state index in [1.807, 2.05) is 13.8 Å². The summed E-state index contributed by atoms with van der Waals surface area (Å²) in [5, 5.41) is 5.22. The highest BCUT2D eigenvalue weighted by Gasteiger charge is 2.32. The van der Waals surface area contributed by atoms with E-state index in [4.69, 9.17) is 13.6 Å². The van der Waals surface area contributed by atoms with Crippen LogP contribution in [0.25, 0.3) is 0 Å². The predicted octanol–water partition coefficient (Wildman–Crippen LogP) is 3.69. The molecular weight excluding hydrogens is 356 g/mol. The van der Waals surface area contributed by atoms with Crippen molar-refractivity contribution in [3.8, 4) is 0 Å². The molecule has 0 spiro atoms. The number of carbonyl (C=O) groups is 2. The molecule has 0 aromatic rings. The Balaban J connectivity index is 4.02. The summed E-state index contributed by atoms with van der Waals surface area (Å²) < 4.78 is 16.7. The van der Waals surface area contributed by atoms with Gasteiger partial charge in [-0.3, -0.25) is 0 Å². The van der Waals surface area contributed by atoms with Crippen molar-refractivity contribution in [2.45, 2.75) is 65.0 Å². The van der Waals surface area contributed by atoms with Crippen LogP contribution in [0.4, 0.5) is 9.59 Å². The van der Waals surface area contributed by atoms with Gasteiger partial charge in [-0.15, -0.1) is 0 Å². The van der Waals surface area contributed by atoms with Crippen molar-refractivity contribution in [2.75, 3.05) is 26.3 Å². The van der Waals surface area contributed by atoms with Gasteiger partial charge in [0.25, 0.3) is 0 Å². The molecule has 0 aromatic heterocycles. The van der Waals surface area contributed by atoms with Crippen LogP contribution in [0, 0.1) is 0 Å². The molecule has 0 rings (SSSR count). The fourth-order valence-corrected chi connectivity index (χ4v) is 11.4.